The third-order valence-electron chi connectivity index (χ3n) is 4.11. The van der Waals surface area contributed by atoms with E-state index in [1.807, 2.05) is 54.6 Å². The molecule has 148 valence electrons. The number of halogens is 1. The molecule has 3 rings (SSSR count). The number of thioether (sulfide) groups is 1. The lowest BCUT2D eigenvalue weighted by atomic mass is 10.1. The molecule has 3 aromatic rings. The fourth-order valence-electron chi connectivity index (χ4n) is 2.71. The summed E-state index contributed by atoms with van der Waals surface area (Å²) in [5.41, 5.74) is 3.60. The van der Waals surface area contributed by atoms with Crippen molar-refractivity contribution in [2.75, 3.05) is 12.4 Å². The number of carboxylic acids is 1. The third kappa shape index (κ3) is 6.14. The Hall–Kier alpha value is -2.70. The second kappa shape index (κ2) is 10.2. The van der Waals surface area contributed by atoms with E-state index >= 15 is 0 Å². The third-order valence-corrected chi connectivity index (χ3v) is 5.67. The highest BCUT2D eigenvalue weighted by atomic mass is 79.9. The van der Waals surface area contributed by atoms with Gasteiger partial charge in [0.25, 0.3) is 0 Å². The summed E-state index contributed by atoms with van der Waals surface area (Å²) in [6.07, 6.45) is 2.74. The van der Waals surface area contributed by atoms with E-state index in [0.29, 0.717) is 5.75 Å². The van der Waals surface area contributed by atoms with Crippen LogP contribution in [0.25, 0.3) is 6.08 Å². The molecule has 0 bridgehead atoms. The van der Waals surface area contributed by atoms with Crippen molar-refractivity contribution >= 4 is 51.1 Å². The van der Waals surface area contributed by atoms with Gasteiger partial charge in [-0.15, -0.1) is 11.8 Å². The maximum Gasteiger partial charge on any atom is 0.328 e. The molecule has 0 saturated heterocycles. The number of nitrogens with one attached hydrogen (secondary N) is 1. The van der Waals surface area contributed by atoms with E-state index in [0.717, 1.165) is 38.1 Å². The molecule has 0 radical (unpaired) electrons. The smallest absolute Gasteiger partial charge is 0.328 e. The van der Waals surface area contributed by atoms with Gasteiger partial charge in [-0.2, -0.15) is 0 Å². The minimum absolute atomic E-state index is 0.698. The predicted molar refractivity (Wildman–Crippen MR) is 123 cm³/mol. The van der Waals surface area contributed by atoms with E-state index in [-0.39, 0.29) is 0 Å². The predicted octanol–water partition coefficient (Wildman–Crippen LogP) is 6.59. The summed E-state index contributed by atoms with van der Waals surface area (Å²) in [5.74, 6) is 0.553. The van der Waals surface area contributed by atoms with Crippen LogP contribution in [-0.2, 0) is 10.5 Å². The van der Waals surface area contributed by atoms with Crippen molar-refractivity contribution in [1.82, 2.24) is 0 Å². The first-order valence-electron chi connectivity index (χ1n) is 8.87. The molecule has 29 heavy (non-hydrogen) atoms. The first-order chi connectivity index (χ1) is 14.0. The van der Waals surface area contributed by atoms with Gasteiger partial charge in [0.05, 0.1) is 12.8 Å². The van der Waals surface area contributed by atoms with Crippen molar-refractivity contribution in [3.05, 3.63) is 88.4 Å². The number of methoxy groups -OCH3 is 1. The molecule has 6 heteroatoms. The Labute approximate surface area is 182 Å². The Balaban J connectivity index is 1.88. The minimum Gasteiger partial charge on any atom is -0.495 e. The Morgan fingerprint density at radius 1 is 1.10 bits per heavy atom. The highest BCUT2D eigenvalue weighted by Gasteiger charge is 2.08. The van der Waals surface area contributed by atoms with Crippen molar-refractivity contribution in [1.29, 1.82) is 0 Å². The van der Waals surface area contributed by atoms with Gasteiger partial charge in [0, 0.05) is 26.9 Å². The van der Waals surface area contributed by atoms with Gasteiger partial charge in [-0.25, -0.2) is 4.79 Å². The molecule has 0 heterocycles. The first-order valence-corrected chi connectivity index (χ1v) is 10.7. The monoisotopic (exact) mass is 469 g/mol. The average Bonchev–Trinajstić information content (AvgIpc) is 2.73. The van der Waals surface area contributed by atoms with Crippen molar-refractivity contribution in [3.63, 3.8) is 0 Å². The molecule has 0 aliphatic heterocycles. The molecule has 0 spiro atoms. The van der Waals surface area contributed by atoms with E-state index < -0.39 is 5.97 Å². The van der Waals surface area contributed by atoms with E-state index in [2.05, 4.69) is 33.4 Å². The molecule has 0 saturated carbocycles. The fourth-order valence-corrected chi connectivity index (χ4v) is 3.97. The largest absolute Gasteiger partial charge is 0.495 e. The highest BCUT2D eigenvalue weighted by Crippen LogP contribution is 2.34. The normalized spacial score (nSPS) is 10.8. The van der Waals surface area contributed by atoms with Crippen LogP contribution in [0.4, 0.5) is 11.4 Å². The molecular formula is C23H20BrNO3S. The topological polar surface area (TPSA) is 58.6 Å². The van der Waals surface area contributed by atoms with E-state index in [4.69, 9.17) is 9.84 Å². The lowest BCUT2D eigenvalue weighted by molar-refractivity contribution is -0.131. The molecule has 0 aromatic heterocycles. The Bertz CT molecular complexity index is 1020. The lowest BCUT2D eigenvalue weighted by Gasteiger charge is -2.15. The standard InChI is InChI=1S/C23H20BrNO3S/c1-28-22-11-8-18(24)14-21(22)25-20-10-9-19(13-17(20)7-12-23(26)27)29-15-16-5-3-2-4-6-16/h2-14,25H,15H2,1H3,(H,26,27). The van der Waals surface area contributed by atoms with Gasteiger partial charge in [0.2, 0.25) is 0 Å². The van der Waals surface area contributed by atoms with Gasteiger partial charge in [-0.05, 0) is 53.6 Å². The van der Waals surface area contributed by atoms with Crippen molar-refractivity contribution in [2.45, 2.75) is 10.6 Å². The van der Waals surface area contributed by atoms with Crippen LogP contribution >= 0.6 is 27.7 Å². The van der Waals surface area contributed by atoms with E-state index in [9.17, 15) is 4.79 Å². The number of carbonyl (C=O) groups is 1. The lowest BCUT2D eigenvalue weighted by Crippen LogP contribution is -1.97. The average molecular weight is 470 g/mol. The van der Waals surface area contributed by atoms with Crippen LogP contribution in [0.5, 0.6) is 5.75 Å². The van der Waals surface area contributed by atoms with Gasteiger partial charge >= 0.3 is 5.97 Å². The molecule has 0 unspecified atom stereocenters. The number of rotatable bonds is 8. The molecule has 0 atom stereocenters. The van der Waals surface area contributed by atoms with Gasteiger partial charge in [-0.1, -0.05) is 46.3 Å². The van der Waals surface area contributed by atoms with Crippen LogP contribution in [0.3, 0.4) is 0 Å². The molecule has 0 amide bonds. The van der Waals surface area contributed by atoms with Gasteiger partial charge in [-0.3, -0.25) is 0 Å². The number of hydrogen-bond acceptors (Lipinski definition) is 4. The van der Waals surface area contributed by atoms with Crippen LogP contribution in [0.1, 0.15) is 11.1 Å². The molecule has 0 fully saturated rings. The zero-order valence-electron chi connectivity index (χ0n) is 15.8. The maximum atomic E-state index is 11.0. The Kier molecular flexibility index (Phi) is 7.38. The summed E-state index contributed by atoms with van der Waals surface area (Å²) >= 11 is 5.18. The molecule has 0 aliphatic carbocycles. The van der Waals surface area contributed by atoms with Crippen LogP contribution in [-0.4, -0.2) is 18.2 Å². The van der Waals surface area contributed by atoms with Crippen LogP contribution in [0.15, 0.2) is 82.2 Å². The number of hydrogen-bond donors (Lipinski definition) is 2. The molecular weight excluding hydrogens is 450 g/mol. The summed E-state index contributed by atoms with van der Waals surface area (Å²) < 4.78 is 6.34. The van der Waals surface area contributed by atoms with Crippen LogP contribution in [0, 0.1) is 0 Å². The number of aliphatic carboxylic acids is 1. The van der Waals surface area contributed by atoms with Crippen molar-refractivity contribution in [3.8, 4) is 5.75 Å². The number of benzene rings is 3. The van der Waals surface area contributed by atoms with Crippen LogP contribution < -0.4 is 10.1 Å². The zero-order chi connectivity index (χ0) is 20.6. The molecule has 0 aliphatic rings. The summed E-state index contributed by atoms with van der Waals surface area (Å²) in [4.78, 5) is 12.1. The second-order valence-corrected chi connectivity index (χ2v) is 8.13. The summed E-state index contributed by atoms with van der Waals surface area (Å²) in [5, 5.41) is 12.4. The van der Waals surface area contributed by atoms with Crippen LogP contribution in [0.2, 0.25) is 0 Å². The minimum atomic E-state index is -0.988. The van der Waals surface area contributed by atoms with Crippen molar-refractivity contribution < 1.29 is 14.6 Å². The van der Waals surface area contributed by atoms with Gasteiger partial charge < -0.3 is 15.2 Å². The second-order valence-electron chi connectivity index (χ2n) is 6.16. The first kappa shape index (κ1) is 21.0. The number of ether oxygens (including phenoxy) is 1. The SMILES string of the molecule is COc1ccc(Br)cc1Nc1ccc(SCc2ccccc2)cc1C=CC(=O)O. The Morgan fingerprint density at radius 3 is 2.62 bits per heavy atom. The van der Waals surface area contributed by atoms with E-state index in [1.165, 1.54) is 5.56 Å². The maximum absolute atomic E-state index is 11.0. The summed E-state index contributed by atoms with van der Waals surface area (Å²) in [6.45, 7) is 0. The quantitative estimate of drug-likeness (QED) is 0.287. The highest BCUT2D eigenvalue weighted by molar-refractivity contribution is 9.10. The number of anilines is 2. The number of carboxylic acid groups (broad SMARTS) is 1. The van der Waals surface area contributed by atoms with Gasteiger partial charge in [0.1, 0.15) is 5.75 Å². The molecule has 4 nitrogen and oxygen atoms in total. The molecule has 2 N–H and O–H groups in total. The summed E-state index contributed by atoms with van der Waals surface area (Å²) in [6, 6.07) is 21.9. The van der Waals surface area contributed by atoms with Crippen molar-refractivity contribution in [2.24, 2.45) is 0 Å². The van der Waals surface area contributed by atoms with E-state index in [1.54, 1.807) is 24.9 Å². The zero-order valence-corrected chi connectivity index (χ0v) is 18.2. The van der Waals surface area contributed by atoms with Gasteiger partial charge in [0.15, 0.2) is 0 Å². The molecule has 3 aromatic carbocycles. The summed E-state index contributed by atoms with van der Waals surface area (Å²) in [7, 11) is 1.61. The fraction of sp³-hybridized carbons (Fsp3) is 0.0870. The Morgan fingerprint density at radius 2 is 1.90 bits per heavy atom.